The fourth-order valence-electron chi connectivity index (χ4n) is 1.50. The maximum atomic E-state index is 5.00. The van der Waals surface area contributed by atoms with Crippen molar-refractivity contribution in [3.8, 4) is 0 Å². The summed E-state index contributed by atoms with van der Waals surface area (Å²) >= 11 is 0. The molecule has 2 heteroatoms. The molecule has 1 aliphatic rings. The van der Waals surface area contributed by atoms with E-state index in [4.69, 9.17) is 4.74 Å². The molecule has 0 radical (unpaired) electrons. The minimum Gasteiger partial charge on any atom is -0.385 e. The Bertz CT molecular complexity index is 113. The van der Waals surface area contributed by atoms with E-state index >= 15 is 0 Å². The van der Waals surface area contributed by atoms with Gasteiger partial charge in [0.1, 0.15) is 0 Å². The molecule has 1 fully saturated rings. The Morgan fingerprint density at radius 3 is 2.46 bits per heavy atom. The Morgan fingerprint density at radius 2 is 1.77 bits per heavy atom. The molecular formula is C11H23NO. The normalized spacial score (nSPS) is 16.4. The first-order chi connectivity index (χ1) is 6.43. The molecule has 2 nitrogen and oxygen atoms in total. The fourth-order valence-corrected chi connectivity index (χ4v) is 1.50. The van der Waals surface area contributed by atoms with Gasteiger partial charge in [0.25, 0.3) is 0 Å². The van der Waals surface area contributed by atoms with Crippen molar-refractivity contribution in [1.29, 1.82) is 0 Å². The standard InChI is InChI=1S/C11H23NO/c1-13-10-6-4-2-3-5-9-12-11-7-8-11/h11-12H,2-10H2,1H3. The molecule has 78 valence electrons. The molecule has 1 aliphatic carbocycles. The van der Waals surface area contributed by atoms with Crippen LogP contribution in [0, 0.1) is 0 Å². The summed E-state index contributed by atoms with van der Waals surface area (Å²) in [5.74, 6) is 0. The average molecular weight is 185 g/mol. The average Bonchev–Trinajstić information content (AvgIpc) is 2.93. The maximum absolute atomic E-state index is 5.00. The highest BCUT2D eigenvalue weighted by molar-refractivity contribution is 4.80. The molecule has 0 heterocycles. The summed E-state index contributed by atoms with van der Waals surface area (Å²) in [6, 6.07) is 0.883. The zero-order chi connectivity index (χ0) is 9.36. The molecule has 0 aromatic heterocycles. The third kappa shape index (κ3) is 7.03. The van der Waals surface area contributed by atoms with Crippen LogP contribution in [0.3, 0.4) is 0 Å². The molecule has 0 spiro atoms. The summed E-state index contributed by atoms with van der Waals surface area (Å²) in [6.45, 7) is 2.16. The predicted octanol–water partition coefficient (Wildman–Crippen LogP) is 2.34. The van der Waals surface area contributed by atoms with Crippen LogP contribution in [0.2, 0.25) is 0 Å². The first kappa shape index (κ1) is 11.0. The molecule has 0 atom stereocenters. The number of hydrogen-bond acceptors (Lipinski definition) is 2. The number of methoxy groups -OCH3 is 1. The van der Waals surface area contributed by atoms with E-state index in [9.17, 15) is 0 Å². The summed E-state index contributed by atoms with van der Waals surface area (Å²) in [7, 11) is 1.78. The number of rotatable bonds is 9. The molecule has 1 rings (SSSR count). The van der Waals surface area contributed by atoms with Crippen molar-refractivity contribution < 1.29 is 4.74 Å². The van der Waals surface area contributed by atoms with Crippen molar-refractivity contribution in [1.82, 2.24) is 5.32 Å². The molecular weight excluding hydrogens is 162 g/mol. The van der Waals surface area contributed by atoms with Crippen molar-refractivity contribution in [3.63, 3.8) is 0 Å². The second kappa shape index (κ2) is 7.34. The van der Waals surface area contributed by atoms with E-state index in [1.807, 2.05) is 0 Å². The van der Waals surface area contributed by atoms with Crippen molar-refractivity contribution in [2.45, 2.75) is 51.0 Å². The van der Waals surface area contributed by atoms with Crippen LogP contribution in [0.5, 0.6) is 0 Å². The SMILES string of the molecule is COCCCCCCCNC1CC1. The van der Waals surface area contributed by atoms with Gasteiger partial charge in [-0.2, -0.15) is 0 Å². The van der Waals surface area contributed by atoms with Gasteiger partial charge in [-0.25, -0.2) is 0 Å². The minimum atomic E-state index is 0.883. The van der Waals surface area contributed by atoms with Gasteiger partial charge in [-0.1, -0.05) is 19.3 Å². The quantitative estimate of drug-likeness (QED) is 0.557. The summed E-state index contributed by atoms with van der Waals surface area (Å²) in [5, 5.41) is 3.53. The Morgan fingerprint density at radius 1 is 1.08 bits per heavy atom. The van der Waals surface area contributed by atoms with E-state index in [0.29, 0.717) is 0 Å². The number of nitrogens with one attached hydrogen (secondary N) is 1. The van der Waals surface area contributed by atoms with E-state index in [1.165, 1.54) is 51.5 Å². The molecule has 0 aromatic carbocycles. The van der Waals surface area contributed by atoms with Gasteiger partial charge >= 0.3 is 0 Å². The Labute approximate surface area is 82.0 Å². The molecule has 0 unspecified atom stereocenters. The van der Waals surface area contributed by atoms with Crippen LogP contribution in [0.1, 0.15) is 44.9 Å². The van der Waals surface area contributed by atoms with E-state index in [-0.39, 0.29) is 0 Å². The van der Waals surface area contributed by atoms with Gasteiger partial charge in [0.2, 0.25) is 0 Å². The zero-order valence-electron chi connectivity index (χ0n) is 8.85. The fraction of sp³-hybridized carbons (Fsp3) is 1.00. The highest BCUT2D eigenvalue weighted by Gasteiger charge is 2.19. The smallest absolute Gasteiger partial charge is 0.0462 e. The van der Waals surface area contributed by atoms with Crippen LogP contribution >= 0.6 is 0 Å². The maximum Gasteiger partial charge on any atom is 0.0462 e. The van der Waals surface area contributed by atoms with Gasteiger partial charge in [-0.05, 0) is 32.2 Å². The van der Waals surface area contributed by atoms with Crippen molar-refractivity contribution in [2.75, 3.05) is 20.3 Å². The molecule has 1 saturated carbocycles. The molecule has 0 bridgehead atoms. The van der Waals surface area contributed by atoms with E-state index in [1.54, 1.807) is 7.11 Å². The highest BCUT2D eigenvalue weighted by Crippen LogP contribution is 2.18. The Kier molecular flexibility index (Phi) is 6.21. The number of unbranched alkanes of at least 4 members (excludes halogenated alkanes) is 4. The van der Waals surface area contributed by atoms with Gasteiger partial charge < -0.3 is 10.1 Å². The van der Waals surface area contributed by atoms with Crippen molar-refractivity contribution >= 4 is 0 Å². The summed E-state index contributed by atoms with van der Waals surface area (Å²) in [5.41, 5.74) is 0. The lowest BCUT2D eigenvalue weighted by Crippen LogP contribution is -2.17. The zero-order valence-corrected chi connectivity index (χ0v) is 8.85. The number of ether oxygens (including phenoxy) is 1. The second-order valence-corrected chi connectivity index (χ2v) is 3.99. The molecule has 13 heavy (non-hydrogen) atoms. The monoisotopic (exact) mass is 185 g/mol. The van der Waals surface area contributed by atoms with Crippen LogP contribution in [-0.2, 0) is 4.74 Å². The minimum absolute atomic E-state index is 0.883. The summed E-state index contributed by atoms with van der Waals surface area (Å²) in [6.07, 6.45) is 9.48. The van der Waals surface area contributed by atoms with Crippen molar-refractivity contribution in [3.05, 3.63) is 0 Å². The lowest BCUT2D eigenvalue weighted by Gasteiger charge is -2.02. The highest BCUT2D eigenvalue weighted by atomic mass is 16.5. The van der Waals surface area contributed by atoms with Gasteiger partial charge in [0.05, 0.1) is 0 Å². The number of hydrogen-bond donors (Lipinski definition) is 1. The third-order valence-corrected chi connectivity index (χ3v) is 2.54. The van der Waals surface area contributed by atoms with Crippen LogP contribution in [-0.4, -0.2) is 26.3 Å². The largest absolute Gasteiger partial charge is 0.385 e. The van der Waals surface area contributed by atoms with Crippen LogP contribution < -0.4 is 5.32 Å². The lowest BCUT2D eigenvalue weighted by atomic mass is 10.1. The van der Waals surface area contributed by atoms with Gasteiger partial charge in [0.15, 0.2) is 0 Å². The van der Waals surface area contributed by atoms with Gasteiger partial charge in [-0.15, -0.1) is 0 Å². The Hall–Kier alpha value is -0.0800. The van der Waals surface area contributed by atoms with Gasteiger partial charge in [-0.3, -0.25) is 0 Å². The molecule has 0 aliphatic heterocycles. The lowest BCUT2D eigenvalue weighted by molar-refractivity contribution is 0.192. The summed E-state index contributed by atoms with van der Waals surface area (Å²) in [4.78, 5) is 0. The topological polar surface area (TPSA) is 21.3 Å². The van der Waals surface area contributed by atoms with Gasteiger partial charge in [0, 0.05) is 19.8 Å². The van der Waals surface area contributed by atoms with Crippen LogP contribution in [0.15, 0.2) is 0 Å². The molecule has 0 aromatic rings. The van der Waals surface area contributed by atoms with Crippen LogP contribution in [0.25, 0.3) is 0 Å². The molecule has 1 N–H and O–H groups in total. The molecule has 0 saturated heterocycles. The third-order valence-electron chi connectivity index (χ3n) is 2.54. The summed E-state index contributed by atoms with van der Waals surface area (Å²) < 4.78 is 5.00. The predicted molar refractivity (Wildman–Crippen MR) is 56.0 cm³/mol. The van der Waals surface area contributed by atoms with E-state index in [2.05, 4.69) is 5.32 Å². The van der Waals surface area contributed by atoms with Crippen LogP contribution in [0.4, 0.5) is 0 Å². The van der Waals surface area contributed by atoms with E-state index in [0.717, 1.165) is 12.6 Å². The van der Waals surface area contributed by atoms with E-state index < -0.39 is 0 Å². The first-order valence-electron chi connectivity index (χ1n) is 5.66. The Balaban J connectivity index is 1.63. The first-order valence-corrected chi connectivity index (χ1v) is 5.66. The second-order valence-electron chi connectivity index (χ2n) is 3.99. The van der Waals surface area contributed by atoms with Crippen molar-refractivity contribution in [2.24, 2.45) is 0 Å². The molecule has 0 amide bonds.